The van der Waals surface area contributed by atoms with E-state index in [1.54, 1.807) is 0 Å². The summed E-state index contributed by atoms with van der Waals surface area (Å²) < 4.78 is 48.5. The van der Waals surface area contributed by atoms with E-state index in [2.05, 4.69) is 0 Å². The molecule has 2 N–H and O–H groups in total. The van der Waals surface area contributed by atoms with Gasteiger partial charge in [-0.25, -0.2) is 4.39 Å². The molecule has 0 heterocycles. The van der Waals surface area contributed by atoms with Crippen molar-refractivity contribution >= 4 is 24.0 Å². The Morgan fingerprint density at radius 3 is 2.35 bits per heavy atom. The van der Waals surface area contributed by atoms with E-state index in [4.69, 9.17) is 17.3 Å². The summed E-state index contributed by atoms with van der Waals surface area (Å²) in [7, 11) is 0. The fourth-order valence-corrected chi connectivity index (χ4v) is 1.58. The van der Waals surface area contributed by atoms with Crippen LogP contribution in [0, 0.1) is 5.82 Å². The van der Waals surface area contributed by atoms with Crippen LogP contribution in [0.5, 0.6) is 0 Å². The van der Waals surface area contributed by atoms with Gasteiger partial charge < -0.3 is 5.73 Å². The van der Waals surface area contributed by atoms with Gasteiger partial charge in [0.25, 0.3) is 0 Å². The molecule has 1 aromatic carbocycles. The first-order valence-electron chi connectivity index (χ1n) is 4.57. The SMILES string of the molecule is Cl.N[C@H](CCC(F)(F)F)c1ccc(F)cc1Cl. The van der Waals surface area contributed by atoms with Crippen LogP contribution in [0.15, 0.2) is 18.2 Å². The van der Waals surface area contributed by atoms with Gasteiger partial charge in [0.15, 0.2) is 0 Å². The molecule has 0 aliphatic carbocycles. The summed E-state index contributed by atoms with van der Waals surface area (Å²) in [4.78, 5) is 0. The van der Waals surface area contributed by atoms with Crippen LogP contribution < -0.4 is 5.73 Å². The molecule has 0 radical (unpaired) electrons. The van der Waals surface area contributed by atoms with E-state index < -0.39 is 24.5 Å². The zero-order valence-corrected chi connectivity index (χ0v) is 10.2. The first-order chi connectivity index (χ1) is 7.29. The largest absolute Gasteiger partial charge is 0.389 e. The standard InChI is InChI=1S/C10H10ClF4N.ClH/c11-8-5-6(12)1-2-7(8)9(16)3-4-10(13,14)15;/h1-2,5,9H,3-4,16H2;1H/t9-;/m1./s1. The maximum Gasteiger partial charge on any atom is 0.389 e. The Kier molecular flexibility index (Phi) is 6.23. The smallest absolute Gasteiger partial charge is 0.324 e. The van der Waals surface area contributed by atoms with Crippen LogP contribution in [0.1, 0.15) is 24.4 Å². The molecule has 0 spiro atoms. The average Bonchev–Trinajstić information content (AvgIpc) is 2.13. The third-order valence-electron chi connectivity index (χ3n) is 2.10. The van der Waals surface area contributed by atoms with Gasteiger partial charge in [0.2, 0.25) is 0 Å². The number of hydrogen-bond acceptors (Lipinski definition) is 1. The molecular weight excluding hydrogens is 281 g/mol. The van der Waals surface area contributed by atoms with Crippen LogP contribution in [0.25, 0.3) is 0 Å². The highest BCUT2D eigenvalue weighted by Gasteiger charge is 2.28. The van der Waals surface area contributed by atoms with Crippen molar-refractivity contribution in [1.82, 2.24) is 0 Å². The van der Waals surface area contributed by atoms with Crippen LogP contribution in [-0.4, -0.2) is 6.18 Å². The second-order valence-corrected chi connectivity index (χ2v) is 3.83. The summed E-state index contributed by atoms with van der Waals surface area (Å²) >= 11 is 5.67. The Bertz CT molecular complexity index is 368. The van der Waals surface area contributed by atoms with Gasteiger partial charge in [-0.3, -0.25) is 0 Å². The van der Waals surface area contributed by atoms with Crippen molar-refractivity contribution in [1.29, 1.82) is 0 Å². The molecule has 1 aromatic rings. The molecule has 0 saturated heterocycles. The molecule has 0 fully saturated rings. The van der Waals surface area contributed by atoms with E-state index in [0.717, 1.165) is 12.1 Å². The molecule has 0 amide bonds. The lowest BCUT2D eigenvalue weighted by atomic mass is 10.0. The van der Waals surface area contributed by atoms with Gasteiger partial charge >= 0.3 is 6.18 Å². The number of alkyl halides is 3. The van der Waals surface area contributed by atoms with E-state index >= 15 is 0 Å². The minimum atomic E-state index is -4.25. The van der Waals surface area contributed by atoms with Crippen LogP contribution in [0.2, 0.25) is 5.02 Å². The minimum absolute atomic E-state index is 0. The third kappa shape index (κ3) is 5.57. The fraction of sp³-hybridized carbons (Fsp3) is 0.400. The second-order valence-electron chi connectivity index (χ2n) is 3.43. The Morgan fingerprint density at radius 1 is 1.29 bits per heavy atom. The van der Waals surface area contributed by atoms with Crippen LogP contribution >= 0.6 is 24.0 Å². The summed E-state index contributed by atoms with van der Waals surface area (Å²) in [6.45, 7) is 0. The topological polar surface area (TPSA) is 26.0 Å². The van der Waals surface area contributed by atoms with Gasteiger partial charge in [0, 0.05) is 17.5 Å². The number of hydrogen-bond donors (Lipinski definition) is 1. The quantitative estimate of drug-likeness (QED) is 0.828. The number of benzene rings is 1. The third-order valence-corrected chi connectivity index (χ3v) is 2.43. The molecule has 17 heavy (non-hydrogen) atoms. The van der Waals surface area contributed by atoms with Crippen molar-refractivity contribution in [2.45, 2.75) is 25.1 Å². The molecule has 0 aliphatic heterocycles. The number of halogens is 6. The van der Waals surface area contributed by atoms with Crippen molar-refractivity contribution in [2.75, 3.05) is 0 Å². The summed E-state index contributed by atoms with van der Waals surface area (Å²) in [6, 6.07) is 2.62. The first-order valence-corrected chi connectivity index (χ1v) is 4.94. The normalized spacial score (nSPS) is 13.1. The van der Waals surface area contributed by atoms with Crippen molar-refractivity contribution in [3.63, 3.8) is 0 Å². The van der Waals surface area contributed by atoms with Crippen LogP contribution in [-0.2, 0) is 0 Å². The summed E-state index contributed by atoms with van der Waals surface area (Å²) in [5, 5.41) is 0.0506. The van der Waals surface area contributed by atoms with Gasteiger partial charge in [0.05, 0.1) is 0 Å². The van der Waals surface area contributed by atoms with Gasteiger partial charge in [-0.1, -0.05) is 17.7 Å². The Labute approximate surface area is 107 Å². The maximum atomic E-state index is 12.7. The average molecular weight is 292 g/mol. The van der Waals surface area contributed by atoms with Crippen LogP contribution in [0.3, 0.4) is 0 Å². The highest BCUT2D eigenvalue weighted by Crippen LogP contribution is 2.29. The van der Waals surface area contributed by atoms with Crippen molar-refractivity contribution in [2.24, 2.45) is 5.73 Å². The van der Waals surface area contributed by atoms with E-state index in [0.29, 0.717) is 5.56 Å². The molecule has 0 bridgehead atoms. The lowest BCUT2D eigenvalue weighted by Crippen LogP contribution is -2.16. The van der Waals surface area contributed by atoms with Crippen LogP contribution in [0.4, 0.5) is 17.6 Å². The zero-order chi connectivity index (χ0) is 12.3. The van der Waals surface area contributed by atoms with Crippen molar-refractivity contribution in [3.05, 3.63) is 34.6 Å². The Balaban J connectivity index is 0.00000256. The lowest BCUT2D eigenvalue weighted by molar-refractivity contribution is -0.136. The summed E-state index contributed by atoms with van der Waals surface area (Å²) in [5.74, 6) is -0.545. The molecule has 1 nitrogen and oxygen atoms in total. The molecule has 1 atom stereocenters. The maximum absolute atomic E-state index is 12.7. The highest BCUT2D eigenvalue weighted by molar-refractivity contribution is 6.31. The molecule has 0 aliphatic rings. The van der Waals surface area contributed by atoms with Gasteiger partial charge in [-0.15, -0.1) is 12.4 Å². The fourth-order valence-electron chi connectivity index (χ4n) is 1.28. The van der Waals surface area contributed by atoms with Crippen molar-refractivity contribution < 1.29 is 17.6 Å². The molecule has 1 rings (SSSR count). The molecule has 98 valence electrons. The first kappa shape index (κ1) is 16.5. The molecule has 0 aromatic heterocycles. The number of rotatable bonds is 3. The lowest BCUT2D eigenvalue weighted by Gasteiger charge is -2.14. The predicted octanol–water partition coefficient (Wildman–Crippen LogP) is 4.24. The summed E-state index contributed by atoms with van der Waals surface area (Å²) in [5.41, 5.74) is 5.87. The molecule has 0 saturated carbocycles. The van der Waals surface area contributed by atoms with E-state index in [1.165, 1.54) is 6.07 Å². The molecule has 0 unspecified atom stereocenters. The van der Waals surface area contributed by atoms with Crippen molar-refractivity contribution in [3.8, 4) is 0 Å². The summed E-state index contributed by atoms with van der Waals surface area (Å²) in [6.07, 6.45) is -5.50. The number of nitrogens with two attached hydrogens (primary N) is 1. The molecular formula is C10H11Cl2F4N. The van der Waals surface area contributed by atoms with Gasteiger partial charge in [0.1, 0.15) is 5.82 Å². The van der Waals surface area contributed by atoms with E-state index in [1.807, 2.05) is 0 Å². The van der Waals surface area contributed by atoms with E-state index in [-0.39, 0.29) is 23.9 Å². The Morgan fingerprint density at radius 2 is 1.88 bits per heavy atom. The van der Waals surface area contributed by atoms with Gasteiger partial charge in [-0.2, -0.15) is 13.2 Å². The van der Waals surface area contributed by atoms with Gasteiger partial charge in [-0.05, 0) is 24.1 Å². The highest BCUT2D eigenvalue weighted by atomic mass is 35.5. The predicted molar refractivity (Wildman–Crippen MR) is 60.9 cm³/mol. The Hall–Kier alpha value is -0.520. The molecule has 7 heteroatoms. The minimum Gasteiger partial charge on any atom is -0.324 e. The second kappa shape index (κ2) is 6.42. The zero-order valence-electron chi connectivity index (χ0n) is 8.60. The monoisotopic (exact) mass is 291 g/mol. The van der Waals surface area contributed by atoms with E-state index in [9.17, 15) is 17.6 Å².